The van der Waals surface area contributed by atoms with Crippen LogP contribution in [0.2, 0.25) is 0 Å². The highest BCUT2D eigenvalue weighted by atomic mass is 16.5. The Kier molecular flexibility index (Phi) is 5.14. The fourth-order valence-corrected chi connectivity index (χ4v) is 3.46. The largest absolute Gasteiger partial charge is 0.490 e. The summed E-state index contributed by atoms with van der Waals surface area (Å²) >= 11 is 0. The highest BCUT2D eigenvalue weighted by Gasteiger charge is 2.14. The Balaban J connectivity index is 1.31. The van der Waals surface area contributed by atoms with Crippen molar-refractivity contribution >= 4 is 22.6 Å². The Morgan fingerprint density at radius 3 is 2.68 bits per heavy atom. The molecule has 0 spiro atoms. The number of carbonyl (C=O) groups excluding carboxylic acids is 1. The predicted octanol–water partition coefficient (Wildman–Crippen LogP) is 4.70. The summed E-state index contributed by atoms with van der Waals surface area (Å²) in [6.45, 7) is 1.24. The number of aromatic amines is 1. The van der Waals surface area contributed by atoms with E-state index in [1.54, 1.807) is 0 Å². The van der Waals surface area contributed by atoms with E-state index >= 15 is 0 Å². The maximum absolute atomic E-state index is 12.7. The molecule has 2 N–H and O–H groups in total. The molecule has 31 heavy (non-hydrogen) atoms. The van der Waals surface area contributed by atoms with Gasteiger partial charge in [-0.05, 0) is 48.0 Å². The molecule has 0 saturated carbocycles. The molecule has 0 bridgehead atoms. The lowest BCUT2D eigenvalue weighted by Gasteiger charge is -2.09. The quantitative estimate of drug-likeness (QED) is 0.494. The van der Waals surface area contributed by atoms with Crippen LogP contribution < -0.4 is 19.5 Å². The van der Waals surface area contributed by atoms with Crippen LogP contribution in [-0.4, -0.2) is 29.3 Å². The summed E-state index contributed by atoms with van der Waals surface area (Å²) in [4.78, 5) is 12.7. The zero-order chi connectivity index (χ0) is 21.0. The van der Waals surface area contributed by atoms with Gasteiger partial charge in [0, 0.05) is 11.8 Å². The van der Waals surface area contributed by atoms with Crippen LogP contribution in [0.4, 0.5) is 5.82 Å². The molecule has 0 radical (unpaired) electrons. The second-order valence-electron chi connectivity index (χ2n) is 7.25. The molecule has 156 valence electrons. The average molecular weight is 415 g/mol. The van der Waals surface area contributed by atoms with E-state index < -0.39 is 0 Å². The smallest absolute Gasteiger partial charge is 0.230 e. The number of benzene rings is 3. The van der Waals surface area contributed by atoms with Crippen molar-refractivity contribution in [1.29, 1.82) is 0 Å². The van der Waals surface area contributed by atoms with Crippen LogP contribution in [0.3, 0.4) is 0 Å². The number of rotatable bonds is 5. The molecule has 4 aromatic rings. The van der Waals surface area contributed by atoms with Crippen molar-refractivity contribution in [3.8, 4) is 23.0 Å². The van der Waals surface area contributed by atoms with Gasteiger partial charge in [0.1, 0.15) is 11.5 Å². The summed E-state index contributed by atoms with van der Waals surface area (Å²) in [6, 6.07) is 20.7. The third-order valence-electron chi connectivity index (χ3n) is 4.95. The third kappa shape index (κ3) is 4.30. The highest BCUT2D eigenvalue weighted by molar-refractivity contribution is 6.00. The van der Waals surface area contributed by atoms with Crippen LogP contribution in [-0.2, 0) is 11.2 Å². The van der Waals surface area contributed by atoms with E-state index in [1.807, 2.05) is 66.7 Å². The Morgan fingerprint density at radius 2 is 1.81 bits per heavy atom. The van der Waals surface area contributed by atoms with Gasteiger partial charge in [0.15, 0.2) is 17.3 Å². The number of carbonyl (C=O) groups is 1. The molecule has 1 aliphatic rings. The van der Waals surface area contributed by atoms with Crippen molar-refractivity contribution < 1.29 is 19.0 Å². The van der Waals surface area contributed by atoms with E-state index in [0.29, 0.717) is 36.3 Å². The van der Waals surface area contributed by atoms with Crippen LogP contribution >= 0.6 is 0 Å². The number of ether oxygens (including phenoxy) is 3. The second-order valence-corrected chi connectivity index (χ2v) is 7.25. The maximum Gasteiger partial charge on any atom is 0.230 e. The molecule has 1 amide bonds. The number of fused-ring (bicyclic) bond motifs is 2. The van der Waals surface area contributed by atoms with Gasteiger partial charge in [-0.15, -0.1) is 0 Å². The molecule has 0 fully saturated rings. The standard InChI is InChI=1S/C24H21N3O4/c28-23(14-16-7-10-21-22(13-16)30-12-4-11-29-21)25-24-19-15-18(8-9-20(19)26-27-24)31-17-5-2-1-3-6-17/h1-3,5-10,13,15H,4,11-12,14H2,(H2,25,26,27,28). The number of aromatic nitrogens is 2. The van der Waals surface area contributed by atoms with Crippen molar-refractivity contribution in [2.45, 2.75) is 12.8 Å². The summed E-state index contributed by atoms with van der Waals surface area (Å²) < 4.78 is 17.2. The number of anilines is 1. The number of hydrogen-bond donors (Lipinski definition) is 2. The number of hydrogen-bond acceptors (Lipinski definition) is 5. The molecule has 0 unspecified atom stereocenters. The lowest BCUT2D eigenvalue weighted by Crippen LogP contribution is -2.15. The summed E-state index contributed by atoms with van der Waals surface area (Å²) in [5.41, 5.74) is 1.65. The molecule has 0 atom stereocenters. The van der Waals surface area contributed by atoms with Gasteiger partial charge in [0.05, 0.1) is 25.2 Å². The first-order chi connectivity index (χ1) is 15.2. The van der Waals surface area contributed by atoms with Gasteiger partial charge in [-0.25, -0.2) is 0 Å². The zero-order valence-electron chi connectivity index (χ0n) is 16.8. The fourth-order valence-electron chi connectivity index (χ4n) is 3.46. The van der Waals surface area contributed by atoms with E-state index in [9.17, 15) is 4.79 Å². The average Bonchev–Trinajstić information content (AvgIpc) is 3.01. The number of H-pyrrole nitrogens is 1. The SMILES string of the molecule is O=C(Cc1ccc2c(c1)OCCCO2)Nc1n[nH]c2ccc(Oc3ccccc3)cc12. The van der Waals surface area contributed by atoms with E-state index in [4.69, 9.17) is 14.2 Å². The second kappa shape index (κ2) is 8.39. The highest BCUT2D eigenvalue weighted by Crippen LogP contribution is 2.31. The number of nitrogens with zero attached hydrogens (tertiary/aromatic N) is 1. The molecule has 7 nitrogen and oxygen atoms in total. The third-order valence-corrected chi connectivity index (χ3v) is 4.95. The Labute approximate surface area is 178 Å². The zero-order valence-corrected chi connectivity index (χ0v) is 16.8. The first kappa shape index (κ1) is 19.0. The summed E-state index contributed by atoms with van der Waals surface area (Å²) in [5, 5.41) is 10.9. The Morgan fingerprint density at radius 1 is 0.968 bits per heavy atom. The molecule has 0 saturated heterocycles. The van der Waals surface area contributed by atoms with Gasteiger partial charge in [0.25, 0.3) is 0 Å². The topological polar surface area (TPSA) is 85.5 Å². The van der Waals surface area contributed by atoms with Gasteiger partial charge < -0.3 is 19.5 Å². The molecular formula is C24H21N3O4. The van der Waals surface area contributed by atoms with Crippen molar-refractivity contribution in [3.05, 3.63) is 72.3 Å². The van der Waals surface area contributed by atoms with E-state index in [-0.39, 0.29) is 12.3 Å². The Hall–Kier alpha value is -4.00. The van der Waals surface area contributed by atoms with Crippen LogP contribution in [0.15, 0.2) is 66.7 Å². The molecule has 0 aliphatic carbocycles. The number of nitrogens with one attached hydrogen (secondary N) is 2. The van der Waals surface area contributed by atoms with Crippen molar-refractivity contribution in [1.82, 2.24) is 10.2 Å². The number of amides is 1. The number of para-hydroxylation sites is 1. The summed E-state index contributed by atoms with van der Waals surface area (Å²) in [6.07, 6.45) is 1.04. The molecule has 1 aromatic heterocycles. The van der Waals surface area contributed by atoms with Crippen LogP contribution in [0.1, 0.15) is 12.0 Å². The first-order valence-corrected chi connectivity index (χ1v) is 10.1. The normalized spacial score (nSPS) is 12.9. The van der Waals surface area contributed by atoms with Crippen molar-refractivity contribution in [2.24, 2.45) is 0 Å². The van der Waals surface area contributed by atoms with E-state index in [0.717, 1.165) is 28.6 Å². The minimum Gasteiger partial charge on any atom is -0.490 e. The molecule has 3 aromatic carbocycles. The lowest BCUT2D eigenvalue weighted by molar-refractivity contribution is -0.115. The van der Waals surface area contributed by atoms with Crippen LogP contribution in [0.5, 0.6) is 23.0 Å². The molecule has 1 aliphatic heterocycles. The fraction of sp³-hybridized carbons (Fsp3) is 0.167. The predicted molar refractivity (Wildman–Crippen MR) is 117 cm³/mol. The summed E-state index contributed by atoms with van der Waals surface area (Å²) in [7, 11) is 0. The molecule has 5 rings (SSSR count). The first-order valence-electron chi connectivity index (χ1n) is 10.1. The van der Waals surface area contributed by atoms with Gasteiger partial charge in [0.2, 0.25) is 5.91 Å². The van der Waals surface area contributed by atoms with Gasteiger partial charge in [-0.2, -0.15) is 5.10 Å². The maximum atomic E-state index is 12.7. The summed E-state index contributed by atoms with van der Waals surface area (Å²) in [5.74, 6) is 3.09. The van der Waals surface area contributed by atoms with Gasteiger partial charge >= 0.3 is 0 Å². The van der Waals surface area contributed by atoms with Gasteiger partial charge in [-0.1, -0.05) is 24.3 Å². The minimum absolute atomic E-state index is 0.169. The van der Waals surface area contributed by atoms with E-state index in [2.05, 4.69) is 15.5 Å². The van der Waals surface area contributed by atoms with Crippen LogP contribution in [0, 0.1) is 0 Å². The molecule has 7 heteroatoms. The van der Waals surface area contributed by atoms with E-state index in [1.165, 1.54) is 0 Å². The van der Waals surface area contributed by atoms with Crippen molar-refractivity contribution in [3.63, 3.8) is 0 Å². The minimum atomic E-state index is -0.169. The van der Waals surface area contributed by atoms with Gasteiger partial charge in [-0.3, -0.25) is 9.89 Å². The lowest BCUT2D eigenvalue weighted by atomic mass is 10.1. The Bertz CT molecular complexity index is 1220. The monoisotopic (exact) mass is 415 g/mol. The molecular weight excluding hydrogens is 394 g/mol. The molecule has 2 heterocycles. The van der Waals surface area contributed by atoms with Crippen LogP contribution in [0.25, 0.3) is 10.9 Å². The van der Waals surface area contributed by atoms with Crippen molar-refractivity contribution in [2.75, 3.05) is 18.5 Å².